The number of rotatable bonds is 0. The van der Waals surface area contributed by atoms with Crippen molar-refractivity contribution in [3.8, 4) is 0 Å². The van der Waals surface area contributed by atoms with E-state index in [1.165, 1.54) is 61.9 Å². The lowest BCUT2D eigenvalue weighted by molar-refractivity contribution is -0.0161. The van der Waals surface area contributed by atoms with Crippen molar-refractivity contribution in [3.05, 3.63) is 35.5 Å². The number of nitrogens with one attached hydrogen (secondary N) is 1. The van der Waals surface area contributed by atoms with Gasteiger partial charge >= 0.3 is 0 Å². The van der Waals surface area contributed by atoms with Crippen molar-refractivity contribution >= 4 is 10.9 Å². The molecule has 0 amide bonds. The van der Waals surface area contributed by atoms with E-state index in [0.29, 0.717) is 12.2 Å². The number of nitrogens with zero attached hydrogens (tertiary/aromatic N) is 2. The molecule has 3 nitrogen and oxygen atoms in total. The van der Waals surface area contributed by atoms with Crippen LogP contribution in [-0.2, 0) is 6.42 Å². The van der Waals surface area contributed by atoms with Gasteiger partial charge in [0.15, 0.2) is 0 Å². The highest BCUT2D eigenvalue weighted by molar-refractivity contribution is 5.85. The fourth-order valence-corrected chi connectivity index (χ4v) is 4.74. The lowest BCUT2D eigenvalue weighted by Gasteiger charge is -2.47. The van der Waals surface area contributed by atoms with Gasteiger partial charge in [-0.25, -0.2) is 0 Å². The van der Waals surface area contributed by atoms with Crippen LogP contribution in [0.2, 0.25) is 0 Å². The summed E-state index contributed by atoms with van der Waals surface area (Å²) in [5.74, 6) is 0. The van der Waals surface area contributed by atoms with E-state index < -0.39 is 0 Å². The molecule has 1 N–H and O–H groups in total. The first-order valence-electron chi connectivity index (χ1n) is 8.01. The molecule has 0 bridgehead atoms. The quantitative estimate of drug-likeness (QED) is 0.793. The van der Waals surface area contributed by atoms with Crippen molar-refractivity contribution in [3.63, 3.8) is 0 Å². The molecule has 0 saturated carbocycles. The number of aromatic amines is 1. The summed E-state index contributed by atoms with van der Waals surface area (Å²) in [6.45, 7) is 3.83. The van der Waals surface area contributed by atoms with Crippen LogP contribution in [0.4, 0.5) is 0 Å². The van der Waals surface area contributed by atoms with Gasteiger partial charge in [-0.2, -0.15) is 0 Å². The summed E-state index contributed by atoms with van der Waals surface area (Å²) in [6, 6.07) is 9.45. The highest BCUT2D eigenvalue weighted by atomic mass is 15.4. The van der Waals surface area contributed by atoms with E-state index in [9.17, 15) is 0 Å². The Morgan fingerprint density at radius 3 is 3.00 bits per heavy atom. The fourth-order valence-electron chi connectivity index (χ4n) is 4.74. The Labute approximate surface area is 119 Å². The standard InChI is InChI=1S/C17H21N3/c1-2-5-14-12(4-1)13-7-11-20-15(17(13)18-14)8-10-19-9-3-6-16(19)20/h1-2,4-5,15-16,18H,3,6-11H2/t15-,16-/m1/s1. The molecule has 3 heteroatoms. The largest absolute Gasteiger partial charge is 0.357 e. The van der Waals surface area contributed by atoms with Crippen molar-refractivity contribution in [1.29, 1.82) is 0 Å². The molecule has 5 rings (SSSR count). The van der Waals surface area contributed by atoms with E-state index in [0.717, 1.165) is 0 Å². The summed E-state index contributed by atoms with van der Waals surface area (Å²) in [6.07, 6.45) is 5.96. The van der Waals surface area contributed by atoms with Crippen LogP contribution in [0, 0.1) is 0 Å². The maximum Gasteiger partial charge on any atom is 0.0628 e. The predicted octanol–water partition coefficient (Wildman–Crippen LogP) is 2.89. The molecular weight excluding hydrogens is 246 g/mol. The zero-order valence-electron chi connectivity index (χ0n) is 11.8. The van der Waals surface area contributed by atoms with Gasteiger partial charge in [0.05, 0.1) is 12.2 Å². The van der Waals surface area contributed by atoms with Crippen LogP contribution in [0.15, 0.2) is 24.3 Å². The lowest BCUT2D eigenvalue weighted by Crippen LogP contribution is -2.53. The van der Waals surface area contributed by atoms with Gasteiger partial charge in [0.2, 0.25) is 0 Å². The number of H-pyrrole nitrogens is 1. The molecule has 2 atom stereocenters. The zero-order valence-corrected chi connectivity index (χ0v) is 11.8. The average Bonchev–Trinajstić information content (AvgIpc) is 3.11. The third-order valence-corrected chi connectivity index (χ3v) is 5.60. The summed E-state index contributed by atoms with van der Waals surface area (Å²) < 4.78 is 0. The second kappa shape index (κ2) is 4.09. The van der Waals surface area contributed by atoms with E-state index in [1.54, 1.807) is 5.56 Å². The van der Waals surface area contributed by atoms with Crippen LogP contribution in [-0.4, -0.2) is 40.6 Å². The molecule has 1 aromatic heterocycles. The molecule has 20 heavy (non-hydrogen) atoms. The van der Waals surface area contributed by atoms with E-state index >= 15 is 0 Å². The number of benzene rings is 1. The average molecular weight is 267 g/mol. The molecule has 0 unspecified atom stereocenters. The maximum atomic E-state index is 3.73. The third-order valence-electron chi connectivity index (χ3n) is 5.60. The Balaban J connectivity index is 1.62. The molecule has 3 aliphatic rings. The normalized spacial score (nSPS) is 30.2. The minimum absolute atomic E-state index is 0.630. The van der Waals surface area contributed by atoms with E-state index in [4.69, 9.17) is 0 Å². The molecule has 4 heterocycles. The van der Waals surface area contributed by atoms with Crippen LogP contribution in [0.25, 0.3) is 10.9 Å². The predicted molar refractivity (Wildman–Crippen MR) is 80.7 cm³/mol. The summed E-state index contributed by atoms with van der Waals surface area (Å²) in [7, 11) is 0. The minimum atomic E-state index is 0.630. The Bertz CT molecular complexity index is 659. The Morgan fingerprint density at radius 2 is 2.00 bits per heavy atom. The van der Waals surface area contributed by atoms with Gasteiger partial charge in [0.1, 0.15) is 0 Å². The van der Waals surface area contributed by atoms with Gasteiger partial charge in [0.25, 0.3) is 0 Å². The van der Waals surface area contributed by atoms with Gasteiger partial charge in [-0.3, -0.25) is 9.80 Å². The molecule has 0 aliphatic carbocycles. The van der Waals surface area contributed by atoms with Crippen molar-refractivity contribution in [2.75, 3.05) is 19.6 Å². The first-order valence-corrected chi connectivity index (χ1v) is 8.01. The van der Waals surface area contributed by atoms with Crippen molar-refractivity contribution < 1.29 is 0 Å². The monoisotopic (exact) mass is 267 g/mol. The molecular formula is C17H21N3. The van der Waals surface area contributed by atoms with Gasteiger partial charge in [-0.1, -0.05) is 18.2 Å². The molecule has 2 fully saturated rings. The number of para-hydroxylation sites is 1. The Kier molecular flexibility index (Phi) is 2.32. The SMILES string of the molecule is c1ccc2c3c([nH]c2c1)[C@H]1CCN2CCC[C@H]2N1CC3. The molecule has 1 aromatic carbocycles. The van der Waals surface area contributed by atoms with Gasteiger partial charge in [-0.15, -0.1) is 0 Å². The molecule has 0 spiro atoms. The summed E-state index contributed by atoms with van der Waals surface area (Å²) in [5.41, 5.74) is 4.44. The van der Waals surface area contributed by atoms with Crippen molar-refractivity contribution in [2.45, 2.75) is 37.9 Å². The van der Waals surface area contributed by atoms with E-state index in [2.05, 4.69) is 39.0 Å². The second-order valence-corrected chi connectivity index (χ2v) is 6.51. The van der Waals surface area contributed by atoms with Crippen LogP contribution < -0.4 is 0 Å². The van der Waals surface area contributed by atoms with E-state index in [-0.39, 0.29) is 0 Å². The first kappa shape index (κ1) is 11.4. The van der Waals surface area contributed by atoms with Crippen LogP contribution >= 0.6 is 0 Å². The summed E-state index contributed by atoms with van der Waals surface area (Å²) >= 11 is 0. The topological polar surface area (TPSA) is 22.3 Å². The minimum Gasteiger partial charge on any atom is -0.357 e. The van der Waals surface area contributed by atoms with Crippen molar-refractivity contribution in [1.82, 2.24) is 14.8 Å². The van der Waals surface area contributed by atoms with Crippen LogP contribution in [0.5, 0.6) is 0 Å². The summed E-state index contributed by atoms with van der Waals surface area (Å²) in [5, 5.41) is 1.45. The van der Waals surface area contributed by atoms with Gasteiger partial charge in [-0.05, 0) is 43.9 Å². The molecule has 0 radical (unpaired) electrons. The molecule has 3 aliphatic heterocycles. The highest BCUT2D eigenvalue weighted by Gasteiger charge is 2.41. The Hall–Kier alpha value is -1.32. The number of aromatic nitrogens is 1. The smallest absolute Gasteiger partial charge is 0.0628 e. The summed E-state index contributed by atoms with van der Waals surface area (Å²) in [4.78, 5) is 9.21. The second-order valence-electron chi connectivity index (χ2n) is 6.51. The van der Waals surface area contributed by atoms with Crippen LogP contribution in [0.1, 0.15) is 36.6 Å². The Morgan fingerprint density at radius 1 is 1.05 bits per heavy atom. The molecule has 104 valence electrons. The lowest BCUT2D eigenvalue weighted by atomic mass is 9.92. The molecule has 2 aromatic rings. The van der Waals surface area contributed by atoms with Crippen LogP contribution in [0.3, 0.4) is 0 Å². The molecule has 2 saturated heterocycles. The van der Waals surface area contributed by atoms with Crippen molar-refractivity contribution in [2.24, 2.45) is 0 Å². The number of hydrogen-bond donors (Lipinski definition) is 1. The highest BCUT2D eigenvalue weighted by Crippen LogP contribution is 2.42. The maximum absolute atomic E-state index is 3.73. The van der Waals surface area contributed by atoms with Gasteiger partial charge in [0, 0.05) is 29.7 Å². The first-order chi connectivity index (χ1) is 9.92. The van der Waals surface area contributed by atoms with Gasteiger partial charge < -0.3 is 4.98 Å². The third kappa shape index (κ3) is 1.42. The number of fused-ring (bicyclic) bond motifs is 7. The number of hydrogen-bond acceptors (Lipinski definition) is 2. The fraction of sp³-hybridized carbons (Fsp3) is 0.529. The zero-order chi connectivity index (χ0) is 13.1. The van der Waals surface area contributed by atoms with E-state index in [1.807, 2.05) is 0 Å².